The zero-order valence-electron chi connectivity index (χ0n) is 11.1. The molecule has 0 N–H and O–H groups in total. The SMILES string of the molecule is CCCC(=O)Oc1ccc(CC(Cl)CCC=O)cc1. The Morgan fingerprint density at radius 2 is 2.05 bits per heavy atom. The van der Waals surface area contributed by atoms with Crippen LogP contribution in [-0.2, 0) is 16.0 Å². The van der Waals surface area contributed by atoms with E-state index >= 15 is 0 Å². The average Bonchev–Trinajstić information content (AvgIpc) is 2.39. The standard InChI is InChI=1S/C15H19ClO3/c1-2-4-15(18)19-14-8-6-12(7-9-14)11-13(16)5-3-10-17/h6-10,13H,2-5,11H2,1H3. The number of hydrogen-bond acceptors (Lipinski definition) is 3. The van der Waals surface area contributed by atoms with Gasteiger partial charge in [0.15, 0.2) is 0 Å². The van der Waals surface area contributed by atoms with Crippen molar-refractivity contribution < 1.29 is 14.3 Å². The maximum absolute atomic E-state index is 11.3. The largest absolute Gasteiger partial charge is 0.427 e. The van der Waals surface area contributed by atoms with Crippen LogP contribution in [0.15, 0.2) is 24.3 Å². The topological polar surface area (TPSA) is 43.4 Å². The molecule has 0 aliphatic heterocycles. The van der Waals surface area contributed by atoms with Gasteiger partial charge in [-0.25, -0.2) is 0 Å². The molecule has 0 heterocycles. The van der Waals surface area contributed by atoms with Crippen molar-refractivity contribution in [1.29, 1.82) is 0 Å². The lowest BCUT2D eigenvalue weighted by molar-refractivity contribution is -0.134. The average molecular weight is 283 g/mol. The Balaban J connectivity index is 2.47. The van der Waals surface area contributed by atoms with Gasteiger partial charge in [0.25, 0.3) is 0 Å². The van der Waals surface area contributed by atoms with Crippen LogP contribution in [0.2, 0.25) is 0 Å². The van der Waals surface area contributed by atoms with Gasteiger partial charge in [-0.3, -0.25) is 4.79 Å². The van der Waals surface area contributed by atoms with Crippen molar-refractivity contribution in [3.63, 3.8) is 0 Å². The van der Waals surface area contributed by atoms with Gasteiger partial charge in [0.1, 0.15) is 12.0 Å². The molecule has 1 unspecified atom stereocenters. The number of halogens is 1. The van der Waals surface area contributed by atoms with Gasteiger partial charge in [-0.05, 0) is 37.0 Å². The number of esters is 1. The molecule has 0 bridgehead atoms. The highest BCUT2D eigenvalue weighted by atomic mass is 35.5. The van der Waals surface area contributed by atoms with Crippen LogP contribution >= 0.6 is 11.6 Å². The summed E-state index contributed by atoms with van der Waals surface area (Å²) < 4.78 is 5.16. The van der Waals surface area contributed by atoms with Crippen LogP contribution < -0.4 is 4.74 Å². The molecule has 4 heteroatoms. The van der Waals surface area contributed by atoms with Gasteiger partial charge in [0.05, 0.1) is 0 Å². The number of ether oxygens (including phenoxy) is 1. The molecule has 1 atom stereocenters. The van der Waals surface area contributed by atoms with Crippen LogP contribution in [0, 0.1) is 0 Å². The Morgan fingerprint density at radius 1 is 1.37 bits per heavy atom. The first kappa shape index (κ1) is 15.7. The Bertz CT molecular complexity index is 400. The van der Waals surface area contributed by atoms with Gasteiger partial charge < -0.3 is 9.53 Å². The summed E-state index contributed by atoms with van der Waals surface area (Å²) in [4.78, 5) is 21.6. The van der Waals surface area contributed by atoms with E-state index in [1.165, 1.54) is 0 Å². The molecule has 0 saturated carbocycles. The fraction of sp³-hybridized carbons (Fsp3) is 0.467. The number of rotatable bonds is 8. The quantitative estimate of drug-likeness (QED) is 0.317. The Hall–Kier alpha value is -1.35. The molecular formula is C15H19ClO3. The minimum absolute atomic E-state index is 0.0429. The molecular weight excluding hydrogens is 264 g/mol. The van der Waals surface area contributed by atoms with Gasteiger partial charge in [0, 0.05) is 18.2 Å². The zero-order chi connectivity index (χ0) is 14.1. The molecule has 3 nitrogen and oxygen atoms in total. The Kier molecular flexibility index (Phi) is 7.19. The molecule has 0 aromatic heterocycles. The van der Waals surface area contributed by atoms with Gasteiger partial charge >= 0.3 is 5.97 Å². The molecule has 0 spiro atoms. The van der Waals surface area contributed by atoms with Crippen LogP contribution in [0.3, 0.4) is 0 Å². The van der Waals surface area contributed by atoms with Crippen molar-refractivity contribution in [1.82, 2.24) is 0 Å². The highest BCUT2D eigenvalue weighted by Gasteiger charge is 2.07. The van der Waals surface area contributed by atoms with Crippen molar-refractivity contribution in [2.75, 3.05) is 0 Å². The molecule has 0 aliphatic carbocycles. The van der Waals surface area contributed by atoms with E-state index in [1.807, 2.05) is 19.1 Å². The third-order valence-electron chi connectivity index (χ3n) is 2.66. The zero-order valence-corrected chi connectivity index (χ0v) is 11.9. The summed E-state index contributed by atoms with van der Waals surface area (Å²) >= 11 is 6.12. The fourth-order valence-corrected chi connectivity index (χ4v) is 1.99. The van der Waals surface area contributed by atoms with E-state index in [-0.39, 0.29) is 11.3 Å². The normalized spacial score (nSPS) is 11.9. The molecule has 1 rings (SSSR count). The van der Waals surface area contributed by atoms with Gasteiger partial charge in [-0.15, -0.1) is 11.6 Å². The second-order valence-electron chi connectivity index (χ2n) is 4.41. The molecule has 1 aromatic carbocycles. The lowest BCUT2D eigenvalue weighted by Crippen LogP contribution is -2.07. The maximum atomic E-state index is 11.3. The molecule has 0 fully saturated rings. The lowest BCUT2D eigenvalue weighted by Gasteiger charge is -2.08. The van der Waals surface area contributed by atoms with E-state index in [4.69, 9.17) is 16.3 Å². The summed E-state index contributed by atoms with van der Waals surface area (Å²) in [6.07, 6.45) is 3.96. The van der Waals surface area contributed by atoms with E-state index in [0.717, 1.165) is 18.3 Å². The molecule has 0 radical (unpaired) electrons. The highest BCUT2D eigenvalue weighted by molar-refractivity contribution is 6.20. The molecule has 1 aromatic rings. The van der Waals surface area contributed by atoms with Crippen LogP contribution in [-0.4, -0.2) is 17.6 Å². The first-order chi connectivity index (χ1) is 9.15. The second kappa shape index (κ2) is 8.70. The third kappa shape index (κ3) is 6.39. The van der Waals surface area contributed by atoms with E-state index in [2.05, 4.69) is 0 Å². The van der Waals surface area contributed by atoms with Crippen molar-refractivity contribution in [2.45, 2.75) is 44.4 Å². The van der Waals surface area contributed by atoms with Crippen LogP contribution in [0.5, 0.6) is 5.75 Å². The summed E-state index contributed by atoms with van der Waals surface area (Å²) in [5.74, 6) is 0.345. The van der Waals surface area contributed by atoms with Crippen molar-refractivity contribution >= 4 is 23.9 Å². The third-order valence-corrected chi connectivity index (χ3v) is 3.04. The number of carbonyl (C=O) groups is 2. The van der Waals surface area contributed by atoms with Gasteiger partial charge in [-0.2, -0.15) is 0 Å². The molecule has 0 saturated heterocycles. The van der Waals surface area contributed by atoms with Crippen LogP contribution in [0.4, 0.5) is 0 Å². The number of hydrogen-bond donors (Lipinski definition) is 0. The molecule has 19 heavy (non-hydrogen) atoms. The predicted octanol–water partition coefficient (Wildman–Crippen LogP) is 3.52. The number of benzene rings is 1. The molecule has 0 amide bonds. The van der Waals surface area contributed by atoms with Gasteiger partial charge in [0.2, 0.25) is 0 Å². The van der Waals surface area contributed by atoms with Crippen LogP contribution in [0.25, 0.3) is 0 Å². The number of aldehydes is 1. The van der Waals surface area contributed by atoms with E-state index < -0.39 is 0 Å². The summed E-state index contributed by atoms with van der Waals surface area (Å²) in [6.45, 7) is 1.93. The van der Waals surface area contributed by atoms with Gasteiger partial charge in [-0.1, -0.05) is 19.1 Å². The van der Waals surface area contributed by atoms with E-state index in [9.17, 15) is 9.59 Å². The smallest absolute Gasteiger partial charge is 0.311 e. The Labute approximate surface area is 118 Å². The minimum atomic E-state index is -0.212. The minimum Gasteiger partial charge on any atom is -0.427 e. The first-order valence-corrected chi connectivity index (χ1v) is 6.96. The Morgan fingerprint density at radius 3 is 2.63 bits per heavy atom. The second-order valence-corrected chi connectivity index (χ2v) is 5.03. The monoisotopic (exact) mass is 282 g/mol. The summed E-state index contributed by atoms with van der Waals surface area (Å²) in [5.41, 5.74) is 1.07. The number of carbonyl (C=O) groups excluding carboxylic acids is 2. The van der Waals surface area contributed by atoms with Crippen molar-refractivity contribution in [3.05, 3.63) is 29.8 Å². The summed E-state index contributed by atoms with van der Waals surface area (Å²) in [7, 11) is 0. The highest BCUT2D eigenvalue weighted by Crippen LogP contribution is 2.17. The lowest BCUT2D eigenvalue weighted by atomic mass is 10.1. The van der Waals surface area contributed by atoms with Crippen molar-refractivity contribution in [2.24, 2.45) is 0 Å². The van der Waals surface area contributed by atoms with Crippen LogP contribution in [0.1, 0.15) is 38.2 Å². The van der Waals surface area contributed by atoms with E-state index in [0.29, 0.717) is 31.4 Å². The van der Waals surface area contributed by atoms with E-state index in [1.54, 1.807) is 12.1 Å². The first-order valence-electron chi connectivity index (χ1n) is 6.53. The number of alkyl halides is 1. The maximum Gasteiger partial charge on any atom is 0.311 e. The molecule has 0 aliphatic rings. The fourth-order valence-electron chi connectivity index (χ4n) is 1.69. The predicted molar refractivity (Wildman–Crippen MR) is 75.6 cm³/mol. The summed E-state index contributed by atoms with van der Waals surface area (Å²) in [5, 5.41) is -0.0429. The molecule has 104 valence electrons. The van der Waals surface area contributed by atoms with Crippen molar-refractivity contribution in [3.8, 4) is 5.75 Å². The summed E-state index contributed by atoms with van der Waals surface area (Å²) in [6, 6.07) is 7.33.